The molecule has 0 heterocycles. The summed E-state index contributed by atoms with van der Waals surface area (Å²) in [6.45, 7) is 8.15. The van der Waals surface area contributed by atoms with E-state index < -0.39 is 0 Å². The van der Waals surface area contributed by atoms with Crippen LogP contribution in [0, 0.1) is 5.92 Å². The Balaban J connectivity index is 3.65. The summed E-state index contributed by atoms with van der Waals surface area (Å²) < 4.78 is 5.48. The molecule has 3 nitrogen and oxygen atoms in total. The SMILES string of the molecule is CCCOCC(CC(CC)CC)NN. The Morgan fingerprint density at radius 2 is 1.86 bits per heavy atom. The van der Waals surface area contributed by atoms with Crippen LogP contribution in [0.2, 0.25) is 0 Å². The van der Waals surface area contributed by atoms with Gasteiger partial charge in [0.1, 0.15) is 0 Å². The van der Waals surface area contributed by atoms with Crippen LogP contribution in [0.5, 0.6) is 0 Å². The Hall–Kier alpha value is -0.120. The quantitative estimate of drug-likeness (QED) is 0.342. The van der Waals surface area contributed by atoms with Gasteiger partial charge in [-0.05, 0) is 18.8 Å². The monoisotopic (exact) mass is 202 g/mol. The molecule has 0 spiro atoms. The second-order valence-corrected chi connectivity index (χ2v) is 3.86. The van der Waals surface area contributed by atoms with E-state index >= 15 is 0 Å². The van der Waals surface area contributed by atoms with Crippen molar-refractivity contribution < 1.29 is 4.74 Å². The van der Waals surface area contributed by atoms with Crippen molar-refractivity contribution in [1.82, 2.24) is 5.43 Å². The summed E-state index contributed by atoms with van der Waals surface area (Å²) in [4.78, 5) is 0. The van der Waals surface area contributed by atoms with E-state index in [0.29, 0.717) is 6.04 Å². The van der Waals surface area contributed by atoms with Crippen molar-refractivity contribution in [2.24, 2.45) is 11.8 Å². The third-order valence-electron chi connectivity index (χ3n) is 2.68. The lowest BCUT2D eigenvalue weighted by Gasteiger charge is -2.21. The van der Waals surface area contributed by atoms with Crippen LogP contribution in [-0.2, 0) is 4.74 Å². The zero-order valence-corrected chi connectivity index (χ0v) is 9.88. The van der Waals surface area contributed by atoms with Gasteiger partial charge in [-0.15, -0.1) is 0 Å². The van der Waals surface area contributed by atoms with Gasteiger partial charge in [-0.1, -0.05) is 33.6 Å². The van der Waals surface area contributed by atoms with Gasteiger partial charge in [0.2, 0.25) is 0 Å². The second-order valence-electron chi connectivity index (χ2n) is 3.86. The molecule has 0 radical (unpaired) electrons. The van der Waals surface area contributed by atoms with Crippen molar-refractivity contribution in [1.29, 1.82) is 0 Å². The minimum atomic E-state index is 0.312. The first-order valence-electron chi connectivity index (χ1n) is 5.82. The van der Waals surface area contributed by atoms with E-state index in [1.807, 2.05) is 0 Å². The molecular weight excluding hydrogens is 176 g/mol. The molecular formula is C11H26N2O. The molecule has 0 bridgehead atoms. The largest absolute Gasteiger partial charge is 0.380 e. The summed E-state index contributed by atoms with van der Waals surface area (Å²) in [6, 6.07) is 0.312. The molecule has 0 aromatic carbocycles. The number of ether oxygens (including phenoxy) is 1. The van der Waals surface area contributed by atoms with Crippen LogP contribution in [0.1, 0.15) is 46.5 Å². The first-order valence-corrected chi connectivity index (χ1v) is 5.82. The average Bonchev–Trinajstić information content (AvgIpc) is 2.23. The van der Waals surface area contributed by atoms with E-state index in [1.165, 1.54) is 12.8 Å². The maximum Gasteiger partial charge on any atom is 0.0633 e. The molecule has 0 aliphatic rings. The maximum atomic E-state index is 5.48. The van der Waals surface area contributed by atoms with Crippen LogP contribution in [0.4, 0.5) is 0 Å². The third kappa shape index (κ3) is 6.35. The van der Waals surface area contributed by atoms with Gasteiger partial charge < -0.3 is 4.74 Å². The highest BCUT2D eigenvalue weighted by molar-refractivity contribution is 4.68. The Morgan fingerprint density at radius 3 is 2.29 bits per heavy atom. The summed E-state index contributed by atoms with van der Waals surface area (Å²) in [5.74, 6) is 6.25. The molecule has 0 aliphatic carbocycles. The summed E-state index contributed by atoms with van der Waals surface area (Å²) in [6.07, 6.45) is 4.64. The van der Waals surface area contributed by atoms with Gasteiger partial charge in [0.25, 0.3) is 0 Å². The summed E-state index contributed by atoms with van der Waals surface area (Å²) >= 11 is 0. The first-order chi connectivity index (χ1) is 6.78. The first kappa shape index (κ1) is 13.9. The molecule has 1 unspecified atom stereocenters. The number of hydrazine groups is 1. The van der Waals surface area contributed by atoms with E-state index in [0.717, 1.165) is 32.0 Å². The predicted octanol–water partition coefficient (Wildman–Crippen LogP) is 2.07. The Labute approximate surface area is 88.4 Å². The zero-order valence-electron chi connectivity index (χ0n) is 9.88. The third-order valence-corrected chi connectivity index (χ3v) is 2.68. The van der Waals surface area contributed by atoms with Crippen molar-refractivity contribution in [2.45, 2.75) is 52.5 Å². The Morgan fingerprint density at radius 1 is 1.21 bits per heavy atom. The van der Waals surface area contributed by atoms with E-state index in [2.05, 4.69) is 26.2 Å². The van der Waals surface area contributed by atoms with Gasteiger partial charge in [-0.3, -0.25) is 11.3 Å². The van der Waals surface area contributed by atoms with Crippen molar-refractivity contribution in [3.8, 4) is 0 Å². The van der Waals surface area contributed by atoms with Gasteiger partial charge in [0.05, 0.1) is 6.61 Å². The van der Waals surface area contributed by atoms with Crippen LogP contribution in [0.3, 0.4) is 0 Å². The molecule has 3 N–H and O–H groups in total. The number of rotatable bonds is 9. The highest BCUT2D eigenvalue weighted by Crippen LogP contribution is 2.14. The van der Waals surface area contributed by atoms with E-state index in [-0.39, 0.29) is 0 Å². The minimum absolute atomic E-state index is 0.312. The van der Waals surface area contributed by atoms with Gasteiger partial charge in [0.15, 0.2) is 0 Å². The fourth-order valence-electron chi connectivity index (χ4n) is 1.58. The molecule has 0 saturated heterocycles. The predicted molar refractivity (Wildman–Crippen MR) is 60.9 cm³/mol. The highest BCUT2D eigenvalue weighted by atomic mass is 16.5. The molecule has 86 valence electrons. The van der Waals surface area contributed by atoms with Crippen molar-refractivity contribution >= 4 is 0 Å². The van der Waals surface area contributed by atoms with Gasteiger partial charge in [0, 0.05) is 12.6 Å². The van der Waals surface area contributed by atoms with Crippen LogP contribution >= 0.6 is 0 Å². The fraction of sp³-hybridized carbons (Fsp3) is 1.00. The lowest BCUT2D eigenvalue weighted by Crippen LogP contribution is -2.40. The molecule has 0 amide bonds. The molecule has 14 heavy (non-hydrogen) atoms. The standard InChI is InChI=1S/C11H26N2O/c1-4-7-14-9-11(13-12)8-10(5-2)6-3/h10-11,13H,4-9,12H2,1-3H3. The molecule has 1 atom stereocenters. The van der Waals surface area contributed by atoms with Gasteiger partial charge in [-0.2, -0.15) is 0 Å². The van der Waals surface area contributed by atoms with Crippen molar-refractivity contribution in [3.05, 3.63) is 0 Å². The molecule has 0 aromatic heterocycles. The van der Waals surface area contributed by atoms with Crippen LogP contribution < -0.4 is 11.3 Å². The smallest absolute Gasteiger partial charge is 0.0633 e. The highest BCUT2D eigenvalue weighted by Gasteiger charge is 2.12. The molecule has 3 heteroatoms. The fourth-order valence-corrected chi connectivity index (χ4v) is 1.58. The Bertz CT molecular complexity index is 116. The molecule has 0 fully saturated rings. The Kier molecular flexibility index (Phi) is 9.35. The van der Waals surface area contributed by atoms with Crippen LogP contribution in [-0.4, -0.2) is 19.3 Å². The van der Waals surface area contributed by atoms with E-state index in [1.54, 1.807) is 0 Å². The minimum Gasteiger partial charge on any atom is -0.380 e. The van der Waals surface area contributed by atoms with E-state index in [9.17, 15) is 0 Å². The number of nitrogens with one attached hydrogen (secondary N) is 1. The maximum absolute atomic E-state index is 5.48. The van der Waals surface area contributed by atoms with Crippen LogP contribution in [0.15, 0.2) is 0 Å². The van der Waals surface area contributed by atoms with Crippen LogP contribution in [0.25, 0.3) is 0 Å². The molecule has 0 rings (SSSR count). The van der Waals surface area contributed by atoms with E-state index in [4.69, 9.17) is 10.6 Å². The average molecular weight is 202 g/mol. The lowest BCUT2D eigenvalue weighted by atomic mass is 9.95. The topological polar surface area (TPSA) is 47.3 Å². The summed E-state index contributed by atoms with van der Waals surface area (Å²) in [5.41, 5.74) is 2.84. The summed E-state index contributed by atoms with van der Waals surface area (Å²) in [7, 11) is 0. The second kappa shape index (κ2) is 9.44. The molecule has 0 aromatic rings. The van der Waals surface area contributed by atoms with Crippen molar-refractivity contribution in [3.63, 3.8) is 0 Å². The summed E-state index contributed by atoms with van der Waals surface area (Å²) in [5, 5.41) is 0. The number of hydrogen-bond acceptors (Lipinski definition) is 3. The number of nitrogens with two attached hydrogens (primary N) is 1. The molecule has 0 saturated carbocycles. The lowest BCUT2D eigenvalue weighted by molar-refractivity contribution is 0.103. The van der Waals surface area contributed by atoms with Crippen molar-refractivity contribution in [2.75, 3.05) is 13.2 Å². The normalized spacial score (nSPS) is 13.5. The number of hydrogen-bond donors (Lipinski definition) is 2. The zero-order chi connectivity index (χ0) is 10.8. The van der Waals surface area contributed by atoms with Gasteiger partial charge >= 0.3 is 0 Å². The molecule has 0 aliphatic heterocycles. The van der Waals surface area contributed by atoms with Gasteiger partial charge in [-0.25, -0.2) is 0 Å².